The summed E-state index contributed by atoms with van der Waals surface area (Å²) in [5.41, 5.74) is 0.0170. The SMILES string of the molecule is COCCN(CCO)C(=O)NCCc1nc(C(=O)O)cs1. The highest BCUT2D eigenvalue weighted by Crippen LogP contribution is 2.09. The Morgan fingerprint density at radius 1 is 1.48 bits per heavy atom. The summed E-state index contributed by atoms with van der Waals surface area (Å²) < 4.78 is 4.90. The summed E-state index contributed by atoms with van der Waals surface area (Å²) in [6.07, 6.45) is 0.459. The number of aliphatic hydroxyl groups is 1. The number of urea groups is 1. The Kier molecular flexibility index (Phi) is 7.65. The predicted octanol–water partition coefficient (Wildman–Crippen LogP) is 0.0341. The zero-order valence-electron chi connectivity index (χ0n) is 11.7. The molecule has 0 spiro atoms. The van der Waals surface area contributed by atoms with E-state index in [1.165, 1.54) is 28.7 Å². The highest BCUT2D eigenvalue weighted by molar-refractivity contribution is 7.09. The Hall–Kier alpha value is -1.71. The van der Waals surface area contributed by atoms with E-state index in [1.807, 2.05) is 0 Å². The van der Waals surface area contributed by atoms with Crippen molar-refractivity contribution in [1.29, 1.82) is 0 Å². The molecule has 118 valence electrons. The van der Waals surface area contributed by atoms with Gasteiger partial charge in [-0.15, -0.1) is 11.3 Å². The van der Waals surface area contributed by atoms with Crippen molar-refractivity contribution < 1.29 is 24.5 Å². The lowest BCUT2D eigenvalue weighted by atomic mass is 10.4. The molecule has 0 aliphatic carbocycles. The molecule has 21 heavy (non-hydrogen) atoms. The van der Waals surface area contributed by atoms with Gasteiger partial charge in [0.15, 0.2) is 5.69 Å². The minimum absolute atomic E-state index is 0.0170. The summed E-state index contributed by atoms with van der Waals surface area (Å²) in [4.78, 5) is 28.0. The number of aromatic carboxylic acids is 1. The monoisotopic (exact) mass is 317 g/mol. The van der Waals surface area contributed by atoms with Crippen LogP contribution < -0.4 is 5.32 Å². The molecular weight excluding hydrogens is 298 g/mol. The molecule has 0 saturated carbocycles. The number of amides is 2. The molecular formula is C12H19N3O5S. The number of rotatable bonds is 9. The highest BCUT2D eigenvalue weighted by atomic mass is 32.1. The highest BCUT2D eigenvalue weighted by Gasteiger charge is 2.13. The van der Waals surface area contributed by atoms with Crippen LogP contribution in [0.25, 0.3) is 0 Å². The molecule has 0 fully saturated rings. The molecule has 0 unspecified atom stereocenters. The molecule has 0 aliphatic rings. The van der Waals surface area contributed by atoms with Crippen LogP contribution in [0.4, 0.5) is 4.79 Å². The van der Waals surface area contributed by atoms with Crippen molar-refractivity contribution in [2.24, 2.45) is 0 Å². The van der Waals surface area contributed by atoms with Crippen LogP contribution in [-0.4, -0.2) is 72.1 Å². The number of aliphatic hydroxyl groups excluding tert-OH is 1. The van der Waals surface area contributed by atoms with Gasteiger partial charge in [-0.05, 0) is 0 Å². The number of hydrogen-bond donors (Lipinski definition) is 3. The maximum Gasteiger partial charge on any atom is 0.355 e. The second kappa shape index (κ2) is 9.27. The van der Waals surface area contributed by atoms with Crippen LogP contribution >= 0.6 is 11.3 Å². The van der Waals surface area contributed by atoms with E-state index in [1.54, 1.807) is 0 Å². The second-order valence-electron chi connectivity index (χ2n) is 4.12. The Morgan fingerprint density at radius 2 is 2.24 bits per heavy atom. The predicted molar refractivity (Wildman–Crippen MR) is 76.7 cm³/mol. The molecule has 1 aromatic heterocycles. The molecule has 1 aromatic rings. The number of methoxy groups -OCH3 is 1. The maximum atomic E-state index is 11.9. The van der Waals surface area contributed by atoms with Crippen molar-refractivity contribution in [3.05, 3.63) is 16.1 Å². The average Bonchev–Trinajstić information content (AvgIpc) is 2.92. The quantitative estimate of drug-likeness (QED) is 0.592. The van der Waals surface area contributed by atoms with Crippen molar-refractivity contribution in [3.8, 4) is 0 Å². The molecule has 0 radical (unpaired) electrons. The number of ether oxygens (including phenoxy) is 1. The van der Waals surface area contributed by atoms with Crippen LogP contribution in [0.1, 0.15) is 15.5 Å². The molecule has 0 aromatic carbocycles. The van der Waals surface area contributed by atoms with Crippen LogP contribution in [0, 0.1) is 0 Å². The number of carbonyl (C=O) groups is 2. The van der Waals surface area contributed by atoms with Gasteiger partial charge in [0.2, 0.25) is 0 Å². The van der Waals surface area contributed by atoms with Crippen LogP contribution in [0.2, 0.25) is 0 Å². The number of nitrogens with zero attached hydrogens (tertiary/aromatic N) is 2. The van der Waals surface area contributed by atoms with E-state index in [0.717, 1.165) is 0 Å². The first-order chi connectivity index (χ1) is 10.1. The zero-order valence-corrected chi connectivity index (χ0v) is 12.6. The molecule has 0 saturated heterocycles. The minimum Gasteiger partial charge on any atom is -0.476 e. The molecule has 8 nitrogen and oxygen atoms in total. The van der Waals surface area contributed by atoms with E-state index in [9.17, 15) is 9.59 Å². The first-order valence-corrected chi connectivity index (χ1v) is 7.26. The van der Waals surface area contributed by atoms with Gasteiger partial charge in [0.05, 0.1) is 18.2 Å². The van der Waals surface area contributed by atoms with Crippen LogP contribution in [0.5, 0.6) is 0 Å². The fourth-order valence-electron chi connectivity index (χ4n) is 1.55. The second-order valence-corrected chi connectivity index (χ2v) is 5.06. The molecule has 1 rings (SSSR count). The fraction of sp³-hybridized carbons (Fsp3) is 0.583. The lowest BCUT2D eigenvalue weighted by Gasteiger charge is -2.21. The Balaban J connectivity index is 2.37. The third kappa shape index (κ3) is 6.06. The largest absolute Gasteiger partial charge is 0.476 e. The number of carboxylic acids is 1. The summed E-state index contributed by atoms with van der Waals surface area (Å²) >= 11 is 1.25. The van der Waals surface area contributed by atoms with Crippen molar-refractivity contribution in [2.75, 3.05) is 40.0 Å². The van der Waals surface area contributed by atoms with Gasteiger partial charge in [-0.3, -0.25) is 0 Å². The van der Waals surface area contributed by atoms with Gasteiger partial charge in [-0.1, -0.05) is 0 Å². The van der Waals surface area contributed by atoms with Crippen molar-refractivity contribution in [3.63, 3.8) is 0 Å². The minimum atomic E-state index is -1.06. The van der Waals surface area contributed by atoms with E-state index in [4.69, 9.17) is 14.9 Å². The average molecular weight is 317 g/mol. The molecule has 2 amide bonds. The topological polar surface area (TPSA) is 112 Å². The summed E-state index contributed by atoms with van der Waals surface area (Å²) in [7, 11) is 1.54. The lowest BCUT2D eigenvalue weighted by molar-refractivity contribution is 0.0691. The van der Waals surface area contributed by atoms with Crippen molar-refractivity contribution >= 4 is 23.3 Å². The van der Waals surface area contributed by atoms with Crippen molar-refractivity contribution in [1.82, 2.24) is 15.2 Å². The number of nitrogens with one attached hydrogen (secondary N) is 1. The molecule has 0 aliphatic heterocycles. The van der Waals surface area contributed by atoms with Crippen LogP contribution in [-0.2, 0) is 11.2 Å². The van der Waals surface area contributed by atoms with E-state index < -0.39 is 5.97 Å². The van der Waals surface area contributed by atoms with E-state index in [0.29, 0.717) is 31.1 Å². The Bertz CT molecular complexity index is 466. The number of hydrogen-bond acceptors (Lipinski definition) is 6. The number of carboxylic acid groups (broad SMARTS) is 1. The first-order valence-electron chi connectivity index (χ1n) is 6.38. The lowest BCUT2D eigenvalue weighted by Crippen LogP contribution is -2.43. The number of thiazole rings is 1. The van der Waals surface area contributed by atoms with Gasteiger partial charge < -0.3 is 25.2 Å². The van der Waals surface area contributed by atoms with Gasteiger partial charge >= 0.3 is 12.0 Å². The standard InChI is InChI=1S/C12H19N3O5S/c1-20-7-5-15(4-6-16)12(19)13-3-2-10-14-9(8-21-10)11(17)18/h8,16H,2-7H2,1H3,(H,13,19)(H,17,18). The summed E-state index contributed by atoms with van der Waals surface area (Å²) in [6.45, 7) is 1.24. The van der Waals surface area contributed by atoms with E-state index in [-0.39, 0.29) is 24.9 Å². The molecule has 0 atom stereocenters. The fourth-order valence-corrected chi connectivity index (χ4v) is 2.32. The Morgan fingerprint density at radius 3 is 2.81 bits per heavy atom. The summed E-state index contributed by atoms with van der Waals surface area (Å²) in [5.74, 6) is -1.06. The zero-order chi connectivity index (χ0) is 15.7. The number of carbonyl (C=O) groups excluding carboxylic acids is 1. The number of aromatic nitrogens is 1. The third-order valence-electron chi connectivity index (χ3n) is 2.61. The smallest absolute Gasteiger partial charge is 0.355 e. The first kappa shape index (κ1) is 17.3. The van der Waals surface area contributed by atoms with Crippen LogP contribution in [0.3, 0.4) is 0 Å². The van der Waals surface area contributed by atoms with Crippen LogP contribution in [0.15, 0.2) is 5.38 Å². The van der Waals surface area contributed by atoms with Gasteiger partial charge in [0.25, 0.3) is 0 Å². The maximum absolute atomic E-state index is 11.9. The molecule has 1 heterocycles. The summed E-state index contributed by atoms with van der Waals surface area (Å²) in [5, 5.41) is 22.5. The third-order valence-corrected chi connectivity index (χ3v) is 3.52. The normalized spacial score (nSPS) is 10.4. The van der Waals surface area contributed by atoms with Gasteiger partial charge in [0.1, 0.15) is 0 Å². The molecule has 3 N–H and O–H groups in total. The van der Waals surface area contributed by atoms with Gasteiger partial charge in [-0.2, -0.15) is 0 Å². The molecule has 9 heteroatoms. The summed E-state index contributed by atoms with van der Waals surface area (Å²) in [6, 6.07) is -0.295. The van der Waals surface area contributed by atoms with Gasteiger partial charge in [-0.25, -0.2) is 14.6 Å². The van der Waals surface area contributed by atoms with Crippen molar-refractivity contribution in [2.45, 2.75) is 6.42 Å². The van der Waals surface area contributed by atoms with E-state index >= 15 is 0 Å². The molecule has 0 bridgehead atoms. The van der Waals surface area contributed by atoms with E-state index in [2.05, 4.69) is 10.3 Å². The van der Waals surface area contributed by atoms with Gasteiger partial charge in [0, 0.05) is 38.5 Å². The Labute approximate surface area is 126 Å².